The summed E-state index contributed by atoms with van der Waals surface area (Å²) in [6, 6.07) is 11.2. The van der Waals surface area contributed by atoms with Gasteiger partial charge in [0, 0.05) is 11.6 Å². The van der Waals surface area contributed by atoms with Crippen LogP contribution in [0.4, 0.5) is 0 Å². The van der Waals surface area contributed by atoms with Crippen molar-refractivity contribution in [3.8, 4) is 11.3 Å². The smallest absolute Gasteiger partial charge is 0.180 e. The summed E-state index contributed by atoms with van der Waals surface area (Å²) in [5.74, 6) is 2.28. The molecule has 0 amide bonds. The second-order valence-corrected chi connectivity index (χ2v) is 7.41. The van der Waals surface area contributed by atoms with Crippen molar-refractivity contribution in [1.29, 1.82) is 0 Å². The van der Waals surface area contributed by atoms with Gasteiger partial charge in [0.15, 0.2) is 5.58 Å². The number of nitrogens with zero attached hydrogens (tertiary/aromatic N) is 2. The zero-order valence-corrected chi connectivity index (χ0v) is 14.6. The molecule has 3 nitrogen and oxygen atoms in total. The van der Waals surface area contributed by atoms with Crippen LogP contribution in [0.15, 0.2) is 59.1 Å². The molecule has 0 spiro atoms. The average Bonchev–Trinajstić information content (AvgIpc) is 3.22. The van der Waals surface area contributed by atoms with Crippen molar-refractivity contribution in [2.75, 3.05) is 0 Å². The minimum Gasteiger partial charge on any atom is -0.457 e. The fourth-order valence-electron chi connectivity index (χ4n) is 4.06. The van der Waals surface area contributed by atoms with Gasteiger partial charge in [0.05, 0.1) is 6.04 Å². The van der Waals surface area contributed by atoms with Crippen molar-refractivity contribution >= 4 is 11.1 Å². The van der Waals surface area contributed by atoms with Gasteiger partial charge in [0.25, 0.3) is 0 Å². The van der Waals surface area contributed by atoms with E-state index in [2.05, 4.69) is 66.2 Å². The van der Waals surface area contributed by atoms with Crippen LogP contribution in [0, 0.1) is 25.7 Å². The maximum Gasteiger partial charge on any atom is 0.180 e. The first-order chi connectivity index (χ1) is 12.2. The van der Waals surface area contributed by atoms with E-state index >= 15 is 0 Å². The van der Waals surface area contributed by atoms with Gasteiger partial charge in [0.2, 0.25) is 0 Å². The van der Waals surface area contributed by atoms with Crippen LogP contribution in [0.3, 0.4) is 0 Å². The molecule has 0 N–H and O–H groups in total. The molecule has 3 aromatic rings. The maximum atomic E-state index is 6.01. The molecule has 2 heterocycles. The first-order valence-electron chi connectivity index (χ1n) is 9.10. The molecule has 1 fully saturated rings. The van der Waals surface area contributed by atoms with E-state index in [1.54, 1.807) is 0 Å². The van der Waals surface area contributed by atoms with Crippen molar-refractivity contribution in [2.24, 2.45) is 11.8 Å². The van der Waals surface area contributed by atoms with E-state index in [4.69, 9.17) is 9.52 Å². The standard InChI is InChI=1S/C22H22N2O/c1-14-8-10-17(11-9-14)21-22-20(12-15(2)25-22)24(23-21)19-13-18(19)16-6-4-3-5-7-16/h3-6,8-12,16,18-19H,7,13H2,1-2H3. The van der Waals surface area contributed by atoms with E-state index in [1.807, 2.05) is 6.92 Å². The van der Waals surface area contributed by atoms with Crippen molar-refractivity contribution in [1.82, 2.24) is 9.78 Å². The fourth-order valence-corrected chi connectivity index (χ4v) is 4.06. The Morgan fingerprint density at radius 2 is 1.96 bits per heavy atom. The van der Waals surface area contributed by atoms with Gasteiger partial charge in [-0.15, -0.1) is 0 Å². The summed E-state index contributed by atoms with van der Waals surface area (Å²) < 4.78 is 8.23. The van der Waals surface area contributed by atoms with Crippen LogP contribution >= 0.6 is 0 Å². The van der Waals surface area contributed by atoms with Crippen molar-refractivity contribution in [3.05, 3.63) is 66.0 Å². The molecular formula is C22H22N2O. The third-order valence-electron chi connectivity index (χ3n) is 5.51. The first kappa shape index (κ1) is 14.8. The molecule has 2 aliphatic carbocycles. The minimum absolute atomic E-state index is 0.486. The van der Waals surface area contributed by atoms with Crippen molar-refractivity contribution < 1.29 is 4.42 Å². The Bertz CT molecular complexity index is 987. The van der Waals surface area contributed by atoms with E-state index in [9.17, 15) is 0 Å². The third-order valence-corrected chi connectivity index (χ3v) is 5.51. The van der Waals surface area contributed by atoms with Crippen LogP contribution in [0.1, 0.15) is 30.2 Å². The summed E-state index contributed by atoms with van der Waals surface area (Å²) in [6.45, 7) is 4.12. The van der Waals surface area contributed by atoms with Crippen molar-refractivity contribution in [2.45, 2.75) is 32.7 Å². The van der Waals surface area contributed by atoms with Crippen LogP contribution in [-0.4, -0.2) is 9.78 Å². The molecule has 3 heteroatoms. The van der Waals surface area contributed by atoms with Gasteiger partial charge in [0.1, 0.15) is 17.0 Å². The summed E-state index contributed by atoms with van der Waals surface area (Å²) >= 11 is 0. The third kappa shape index (κ3) is 2.46. The summed E-state index contributed by atoms with van der Waals surface area (Å²) in [7, 11) is 0. The summed E-state index contributed by atoms with van der Waals surface area (Å²) in [6.07, 6.45) is 11.3. The molecule has 3 atom stereocenters. The molecule has 5 rings (SSSR count). The zero-order valence-electron chi connectivity index (χ0n) is 14.6. The second-order valence-electron chi connectivity index (χ2n) is 7.41. The normalized spacial score (nSPS) is 25.0. The molecular weight excluding hydrogens is 308 g/mol. The number of aromatic nitrogens is 2. The highest BCUT2D eigenvalue weighted by Crippen LogP contribution is 2.52. The zero-order chi connectivity index (χ0) is 17.0. The molecule has 0 radical (unpaired) electrons. The number of hydrogen-bond acceptors (Lipinski definition) is 2. The average molecular weight is 330 g/mol. The molecule has 2 aliphatic rings. The number of furan rings is 1. The molecule has 126 valence electrons. The molecule has 1 saturated carbocycles. The minimum atomic E-state index is 0.486. The van der Waals surface area contributed by atoms with Gasteiger partial charge in [-0.1, -0.05) is 54.1 Å². The fraction of sp³-hybridized carbons (Fsp3) is 0.318. The Kier molecular flexibility index (Phi) is 3.24. The lowest BCUT2D eigenvalue weighted by atomic mass is 9.95. The Labute approximate surface area is 147 Å². The van der Waals surface area contributed by atoms with Gasteiger partial charge in [-0.25, -0.2) is 0 Å². The van der Waals surface area contributed by atoms with Crippen LogP contribution in [0.5, 0.6) is 0 Å². The summed E-state index contributed by atoms with van der Waals surface area (Å²) in [5.41, 5.74) is 5.41. The van der Waals surface area contributed by atoms with Gasteiger partial charge >= 0.3 is 0 Å². The van der Waals surface area contributed by atoms with Gasteiger partial charge < -0.3 is 4.42 Å². The highest BCUT2D eigenvalue weighted by atomic mass is 16.3. The molecule has 25 heavy (non-hydrogen) atoms. The molecule has 3 unspecified atom stereocenters. The maximum absolute atomic E-state index is 6.01. The van der Waals surface area contributed by atoms with Crippen LogP contribution < -0.4 is 0 Å². The van der Waals surface area contributed by atoms with Crippen LogP contribution in [0.2, 0.25) is 0 Å². The summed E-state index contributed by atoms with van der Waals surface area (Å²) in [4.78, 5) is 0. The van der Waals surface area contributed by atoms with E-state index < -0.39 is 0 Å². The van der Waals surface area contributed by atoms with Crippen molar-refractivity contribution in [3.63, 3.8) is 0 Å². The highest BCUT2D eigenvalue weighted by Gasteiger charge is 2.45. The van der Waals surface area contributed by atoms with Gasteiger partial charge in [-0.05, 0) is 38.5 Å². The Morgan fingerprint density at radius 3 is 2.72 bits per heavy atom. The SMILES string of the molecule is Cc1ccc(-c2nn(C3CC3C3C=CC=CC3)c3cc(C)oc23)cc1. The van der Waals surface area contributed by atoms with E-state index in [0.717, 1.165) is 34.5 Å². The predicted octanol–water partition coefficient (Wildman–Crippen LogP) is 5.61. The second kappa shape index (κ2) is 5.48. The molecule has 0 saturated heterocycles. The topological polar surface area (TPSA) is 31.0 Å². The van der Waals surface area contributed by atoms with E-state index in [0.29, 0.717) is 17.9 Å². The molecule has 1 aromatic carbocycles. The first-order valence-corrected chi connectivity index (χ1v) is 9.10. The Morgan fingerprint density at radius 1 is 1.12 bits per heavy atom. The molecule has 2 aromatic heterocycles. The number of rotatable bonds is 3. The number of allylic oxidation sites excluding steroid dienone is 4. The lowest BCUT2D eigenvalue weighted by molar-refractivity contribution is 0.503. The van der Waals surface area contributed by atoms with Crippen LogP contribution in [0.25, 0.3) is 22.4 Å². The molecule has 0 aliphatic heterocycles. The lowest BCUT2D eigenvalue weighted by Crippen LogP contribution is -2.06. The number of hydrogen-bond donors (Lipinski definition) is 0. The summed E-state index contributed by atoms with van der Waals surface area (Å²) in [5, 5.41) is 4.98. The predicted molar refractivity (Wildman–Crippen MR) is 100 cm³/mol. The monoisotopic (exact) mass is 330 g/mol. The number of fused-ring (bicyclic) bond motifs is 1. The van der Waals surface area contributed by atoms with Gasteiger partial charge in [-0.3, -0.25) is 4.68 Å². The van der Waals surface area contributed by atoms with E-state index in [-0.39, 0.29) is 0 Å². The number of aryl methyl sites for hydroxylation is 2. The largest absolute Gasteiger partial charge is 0.457 e. The Balaban J connectivity index is 1.55. The lowest BCUT2D eigenvalue weighted by Gasteiger charge is -2.12. The van der Waals surface area contributed by atoms with Gasteiger partial charge in [-0.2, -0.15) is 5.10 Å². The molecule has 0 bridgehead atoms. The van der Waals surface area contributed by atoms with E-state index in [1.165, 1.54) is 12.0 Å². The number of benzene rings is 1. The Hall–Kier alpha value is -2.55. The quantitative estimate of drug-likeness (QED) is 0.625. The van der Waals surface area contributed by atoms with Crippen LogP contribution in [-0.2, 0) is 0 Å². The highest BCUT2D eigenvalue weighted by molar-refractivity contribution is 5.89.